The SMILES string of the molecule is CCCC1Oc2cc(C)c(Cl)c(C)c2C1NC. The molecule has 0 aliphatic carbocycles. The number of aryl methyl sites for hydroxylation is 1. The Balaban J connectivity index is 2.46. The van der Waals surface area contributed by atoms with E-state index < -0.39 is 0 Å². The maximum absolute atomic E-state index is 6.33. The number of halogens is 1. The molecule has 1 aromatic rings. The fourth-order valence-corrected chi connectivity index (χ4v) is 2.83. The van der Waals surface area contributed by atoms with E-state index in [1.54, 1.807) is 0 Å². The number of benzene rings is 1. The van der Waals surface area contributed by atoms with Gasteiger partial charge in [0.2, 0.25) is 0 Å². The zero-order chi connectivity index (χ0) is 12.6. The van der Waals surface area contributed by atoms with Crippen molar-refractivity contribution in [2.45, 2.75) is 45.8 Å². The van der Waals surface area contributed by atoms with E-state index in [4.69, 9.17) is 16.3 Å². The molecule has 1 heterocycles. The summed E-state index contributed by atoms with van der Waals surface area (Å²) in [7, 11) is 1.99. The number of likely N-dealkylation sites (N-methyl/N-ethyl adjacent to an activating group) is 1. The maximum atomic E-state index is 6.33. The van der Waals surface area contributed by atoms with Gasteiger partial charge >= 0.3 is 0 Å². The number of ether oxygens (including phenoxy) is 1. The summed E-state index contributed by atoms with van der Waals surface area (Å²) in [6.07, 6.45) is 2.43. The molecular formula is C14H20ClNO. The van der Waals surface area contributed by atoms with Crippen molar-refractivity contribution in [1.29, 1.82) is 0 Å². The molecule has 3 heteroatoms. The Labute approximate surface area is 108 Å². The summed E-state index contributed by atoms with van der Waals surface area (Å²) in [6, 6.07) is 2.33. The van der Waals surface area contributed by atoms with Gasteiger partial charge < -0.3 is 10.1 Å². The molecule has 94 valence electrons. The Kier molecular flexibility index (Phi) is 3.64. The van der Waals surface area contributed by atoms with Crippen LogP contribution in [0.15, 0.2) is 6.07 Å². The number of hydrogen-bond acceptors (Lipinski definition) is 2. The molecule has 1 aromatic carbocycles. The highest BCUT2D eigenvalue weighted by Gasteiger charge is 2.34. The van der Waals surface area contributed by atoms with Crippen molar-refractivity contribution in [3.05, 3.63) is 27.8 Å². The van der Waals surface area contributed by atoms with Crippen LogP contribution in [0.3, 0.4) is 0 Å². The molecule has 2 rings (SSSR count). The van der Waals surface area contributed by atoms with E-state index in [1.165, 1.54) is 5.56 Å². The van der Waals surface area contributed by atoms with Crippen LogP contribution in [0.1, 0.15) is 42.5 Å². The van der Waals surface area contributed by atoms with Gasteiger partial charge in [0.05, 0.1) is 6.04 Å². The van der Waals surface area contributed by atoms with Gasteiger partial charge in [-0.2, -0.15) is 0 Å². The van der Waals surface area contributed by atoms with E-state index in [1.807, 2.05) is 14.0 Å². The molecule has 0 bridgehead atoms. The Morgan fingerprint density at radius 1 is 1.41 bits per heavy atom. The van der Waals surface area contributed by atoms with Gasteiger partial charge in [-0.25, -0.2) is 0 Å². The minimum atomic E-state index is 0.233. The van der Waals surface area contributed by atoms with E-state index in [0.29, 0.717) is 0 Å². The molecule has 1 aliphatic heterocycles. The first-order chi connectivity index (χ1) is 8.10. The predicted molar refractivity (Wildman–Crippen MR) is 72.1 cm³/mol. The topological polar surface area (TPSA) is 21.3 Å². The first-order valence-electron chi connectivity index (χ1n) is 6.23. The van der Waals surface area contributed by atoms with Crippen LogP contribution in [0.2, 0.25) is 5.02 Å². The van der Waals surface area contributed by atoms with E-state index in [2.05, 4.69) is 25.2 Å². The highest BCUT2D eigenvalue weighted by atomic mass is 35.5. The fraction of sp³-hybridized carbons (Fsp3) is 0.571. The lowest BCUT2D eigenvalue weighted by molar-refractivity contribution is 0.182. The van der Waals surface area contributed by atoms with Gasteiger partial charge in [-0.1, -0.05) is 24.9 Å². The molecule has 2 atom stereocenters. The Bertz CT molecular complexity index is 431. The molecule has 0 amide bonds. The molecule has 1 N–H and O–H groups in total. The molecule has 0 saturated carbocycles. The summed E-state index contributed by atoms with van der Waals surface area (Å²) in [6.45, 7) is 6.29. The van der Waals surface area contributed by atoms with Crippen LogP contribution >= 0.6 is 11.6 Å². The van der Waals surface area contributed by atoms with E-state index in [-0.39, 0.29) is 12.1 Å². The van der Waals surface area contributed by atoms with E-state index in [0.717, 1.165) is 34.7 Å². The summed E-state index contributed by atoms with van der Waals surface area (Å²) in [4.78, 5) is 0. The molecule has 0 fully saturated rings. The first-order valence-corrected chi connectivity index (χ1v) is 6.61. The van der Waals surface area contributed by atoms with Gasteiger partial charge in [0.15, 0.2) is 0 Å². The lowest BCUT2D eigenvalue weighted by Crippen LogP contribution is -2.28. The Morgan fingerprint density at radius 2 is 2.12 bits per heavy atom. The quantitative estimate of drug-likeness (QED) is 0.885. The largest absolute Gasteiger partial charge is 0.488 e. The second kappa shape index (κ2) is 4.87. The summed E-state index contributed by atoms with van der Waals surface area (Å²) in [5.41, 5.74) is 3.48. The maximum Gasteiger partial charge on any atom is 0.125 e. The second-order valence-electron chi connectivity index (χ2n) is 4.76. The number of rotatable bonds is 3. The molecule has 2 nitrogen and oxygen atoms in total. The van der Waals surface area contributed by atoms with Crippen LogP contribution < -0.4 is 10.1 Å². The van der Waals surface area contributed by atoms with Crippen LogP contribution in [0, 0.1) is 13.8 Å². The first kappa shape index (κ1) is 12.7. The zero-order valence-corrected chi connectivity index (χ0v) is 11.7. The highest BCUT2D eigenvalue weighted by Crippen LogP contribution is 2.43. The van der Waals surface area contributed by atoms with Crippen molar-refractivity contribution < 1.29 is 4.74 Å². The van der Waals surface area contributed by atoms with Crippen LogP contribution in [-0.4, -0.2) is 13.2 Å². The number of nitrogens with one attached hydrogen (secondary N) is 1. The highest BCUT2D eigenvalue weighted by molar-refractivity contribution is 6.32. The van der Waals surface area contributed by atoms with Crippen molar-refractivity contribution in [1.82, 2.24) is 5.32 Å². The van der Waals surface area contributed by atoms with Gasteiger partial charge in [0.1, 0.15) is 11.9 Å². The van der Waals surface area contributed by atoms with Crippen LogP contribution in [0.5, 0.6) is 5.75 Å². The van der Waals surface area contributed by atoms with Crippen molar-refractivity contribution in [2.75, 3.05) is 7.05 Å². The molecule has 2 unspecified atom stereocenters. The van der Waals surface area contributed by atoms with Crippen LogP contribution in [0.4, 0.5) is 0 Å². The van der Waals surface area contributed by atoms with Gasteiger partial charge in [0.25, 0.3) is 0 Å². The predicted octanol–water partition coefficient (Wildman–Crippen LogP) is 3.78. The molecule has 0 saturated heterocycles. The minimum Gasteiger partial charge on any atom is -0.488 e. The van der Waals surface area contributed by atoms with E-state index >= 15 is 0 Å². The van der Waals surface area contributed by atoms with Crippen LogP contribution in [-0.2, 0) is 0 Å². The summed E-state index contributed by atoms with van der Waals surface area (Å²) in [5, 5.41) is 4.22. The van der Waals surface area contributed by atoms with Crippen molar-refractivity contribution in [3.8, 4) is 5.75 Å². The molecule has 0 aromatic heterocycles. The third kappa shape index (κ3) is 2.04. The second-order valence-corrected chi connectivity index (χ2v) is 5.13. The Hall–Kier alpha value is -0.730. The lowest BCUT2D eigenvalue weighted by Gasteiger charge is -2.18. The number of fused-ring (bicyclic) bond motifs is 1. The van der Waals surface area contributed by atoms with Crippen molar-refractivity contribution >= 4 is 11.6 Å². The van der Waals surface area contributed by atoms with Crippen LogP contribution in [0.25, 0.3) is 0 Å². The normalized spacial score (nSPS) is 22.4. The standard InChI is InChI=1S/C14H20ClNO/c1-5-6-10-14(16-4)12-9(3)13(15)8(2)7-11(12)17-10/h7,10,14,16H,5-6H2,1-4H3. The fourth-order valence-electron chi connectivity index (χ4n) is 2.68. The Morgan fingerprint density at radius 3 is 2.71 bits per heavy atom. The zero-order valence-electron chi connectivity index (χ0n) is 10.9. The summed E-state index contributed by atoms with van der Waals surface area (Å²) < 4.78 is 6.05. The molecule has 17 heavy (non-hydrogen) atoms. The minimum absolute atomic E-state index is 0.233. The molecular weight excluding hydrogens is 234 g/mol. The van der Waals surface area contributed by atoms with Crippen molar-refractivity contribution in [2.24, 2.45) is 0 Å². The summed E-state index contributed by atoms with van der Waals surface area (Å²) >= 11 is 6.33. The van der Waals surface area contributed by atoms with E-state index in [9.17, 15) is 0 Å². The molecule has 0 spiro atoms. The average molecular weight is 254 g/mol. The van der Waals surface area contributed by atoms with Gasteiger partial charge in [-0.05, 0) is 44.5 Å². The van der Waals surface area contributed by atoms with Gasteiger partial charge in [0, 0.05) is 10.6 Å². The van der Waals surface area contributed by atoms with Crippen molar-refractivity contribution in [3.63, 3.8) is 0 Å². The molecule has 1 aliphatic rings. The molecule has 0 radical (unpaired) electrons. The number of hydrogen-bond donors (Lipinski definition) is 1. The lowest BCUT2D eigenvalue weighted by atomic mass is 9.95. The third-order valence-corrected chi connectivity index (χ3v) is 4.12. The average Bonchev–Trinajstić information content (AvgIpc) is 2.64. The van der Waals surface area contributed by atoms with Gasteiger partial charge in [-0.15, -0.1) is 0 Å². The monoisotopic (exact) mass is 253 g/mol. The smallest absolute Gasteiger partial charge is 0.125 e. The third-order valence-electron chi connectivity index (χ3n) is 3.54. The van der Waals surface area contributed by atoms with Gasteiger partial charge in [-0.3, -0.25) is 0 Å². The summed E-state index contributed by atoms with van der Waals surface area (Å²) in [5.74, 6) is 1.00.